The molecule has 2 aliphatic rings. The van der Waals surface area contributed by atoms with E-state index in [2.05, 4.69) is 48.9 Å². The molecule has 244 valence electrons. The third kappa shape index (κ3) is 7.32. The summed E-state index contributed by atoms with van der Waals surface area (Å²) < 4.78 is 1.77. The number of aryl methyl sites for hydroxylation is 1. The van der Waals surface area contributed by atoms with Crippen molar-refractivity contribution in [3.8, 4) is 5.69 Å². The van der Waals surface area contributed by atoms with E-state index in [9.17, 15) is 19.5 Å². The molecular weight excluding hydrogens is 592 g/mol. The molecule has 10 nitrogen and oxygen atoms in total. The van der Waals surface area contributed by atoms with Gasteiger partial charge >= 0.3 is 18.0 Å². The highest BCUT2D eigenvalue weighted by molar-refractivity contribution is 5.99. The first-order valence-corrected chi connectivity index (χ1v) is 16.2. The maximum absolute atomic E-state index is 13.2. The summed E-state index contributed by atoms with van der Waals surface area (Å²) in [7, 11) is 0. The van der Waals surface area contributed by atoms with Crippen LogP contribution in [0.4, 0.5) is 26.8 Å². The lowest BCUT2D eigenvalue weighted by Crippen LogP contribution is -2.48. The Labute approximate surface area is 275 Å². The van der Waals surface area contributed by atoms with Crippen molar-refractivity contribution < 1.29 is 19.5 Å². The number of nitrogens with zero attached hydrogens (tertiary/aromatic N) is 3. The number of amides is 4. The Bertz CT molecular complexity index is 1760. The number of benzene rings is 3. The van der Waals surface area contributed by atoms with Crippen LogP contribution in [-0.4, -0.2) is 49.9 Å². The van der Waals surface area contributed by atoms with Crippen LogP contribution in [-0.2, 0) is 11.8 Å². The van der Waals surface area contributed by atoms with Gasteiger partial charge in [-0.3, -0.25) is 5.32 Å². The van der Waals surface area contributed by atoms with Gasteiger partial charge in [0.2, 0.25) is 0 Å². The number of carboxylic acids is 1. The summed E-state index contributed by atoms with van der Waals surface area (Å²) in [6.45, 7) is 8.32. The Kier molecular flexibility index (Phi) is 8.77. The first-order valence-electron chi connectivity index (χ1n) is 16.2. The Morgan fingerprint density at radius 3 is 2.17 bits per heavy atom. The first kappa shape index (κ1) is 31.8. The van der Waals surface area contributed by atoms with Crippen molar-refractivity contribution in [1.82, 2.24) is 14.7 Å². The zero-order valence-electron chi connectivity index (χ0n) is 27.3. The average Bonchev–Trinajstić information content (AvgIpc) is 3.57. The van der Waals surface area contributed by atoms with Gasteiger partial charge in [-0.05, 0) is 93.0 Å². The van der Waals surface area contributed by atoms with Gasteiger partial charge in [0.1, 0.15) is 5.82 Å². The number of rotatable bonds is 7. The molecule has 2 unspecified atom stereocenters. The summed E-state index contributed by atoms with van der Waals surface area (Å²) in [5, 5.41) is 22.9. The molecular formula is C37H42N6O4. The van der Waals surface area contributed by atoms with Gasteiger partial charge in [-0.15, -0.1) is 0 Å². The second-order valence-electron chi connectivity index (χ2n) is 13.8. The van der Waals surface area contributed by atoms with Crippen LogP contribution in [0.5, 0.6) is 0 Å². The fraction of sp³-hybridized carbons (Fsp3) is 0.351. The van der Waals surface area contributed by atoms with Crippen LogP contribution in [0.2, 0.25) is 0 Å². The van der Waals surface area contributed by atoms with Gasteiger partial charge < -0.3 is 20.6 Å². The maximum Gasteiger partial charge on any atom is 0.335 e. The molecule has 2 atom stereocenters. The quantitative estimate of drug-likeness (QED) is 0.165. The van der Waals surface area contributed by atoms with Crippen molar-refractivity contribution >= 4 is 35.2 Å². The van der Waals surface area contributed by atoms with Crippen molar-refractivity contribution in [2.45, 2.75) is 77.3 Å². The number of carbonyl (C=O) groups excluding carboxylic acids is 2. The van der Waals surface area contributed by atoms with Crippen LogP contribution in [0.15, 0.2) is 78.9 Å². The third-order valence-corrected chi connectivity index (χ3v) is 9.16. The number of anilines is 3. The Hall–Kier alpha value is -5.12. The lowest BCUT2D eigenvalue weighted by molar-refractivity contribution is 0.0696. The zero-order valence-corrected chi connectivity index (χ0v) is 27.3. The molecule has 3 heterocycles. The lowest BCUT2D eigenvalue weighted by atomic mass is 9.86. The van der Waals surface area contributed by atoms with Gasteiger partial charge in [-0.25, -0.2) is 19.1 Å². The van der Waals surface area contributed by atoms with Crippen LogP contribution < -0.4 is 16.0 Å². The second kappa shape index (κ2) is 12.9. The Balaban J connectivity index is 1.05. The molecule has 4 amide bonds. The molecule has 4 aromatic rings. The SMILES string of the molecule is Cc1ccc(-n2nc(C(C)(C)C)cc2NC(=O)Nc2ccc(CC3CC4CCC(C3)N4C(=O)Nc3cccc(C(=O)O)c3)cc2)cc1. The molecule has 0 spiro atoms. The zero-order chi connectivity index (χ0) is 33.3. The van der Waals surface area contributed by atoms with Crippen LogP contribution >= 0.6 is 0 Å². The number of aromatic nitrogens is 2. The molecule has 4 N–H and O–H groups in total. The number of piperidine rings is 1. The number of nitrogens with one attached hydrogen (secondary N) is 3. The van der Waals surface area contributed by atoms with Gasteiger partial charge in [0.05, 0.1) is 16.9 Å². The minimum absolute atomic E-state index is 0.145. The highest BCUT2D eigenvalue weighted by atomic mass is 16.4. The molecule has 10 heteroatoms. The van der Waals surface area contributed by atoms with E-state index < -0.39 is 5.97 Å². The van der Waals surface area contributed by atoms with Gasteiger partial charge in [-0.1, -0.05) is 56.7 Å². The van der Waals surface area contributed by atoms with Crippen molar-refractivity contribution in [1.29, 1.82) is 0 Å². The highest BCUT2D eigenvalue weighted by Gasteiger charge is 2.43. The summed E-state index contributed by atoms with van der Waals surface area (Å²) in [6.07, 6.45) is 4.70. The fourth-order valence-electron chi connectivity index (χ4n) is 6.76. The Morgan fingerprint density at radius 2 is 1.53 bits per heavy atom. The highest BCUT2D eigenvalue weighted by Crippen LogP contribution is 2.40. The van der Waals surface area contributed by atoms with Crippen molar-refractivity contribution in [3.05, 3.63) is 101 Å². The van der Waals surface area contributed by atoms with Gasteiger partial charge in [0, 0.05) is 34.9 Å². The monoisotopic (exact) mass is 634 g/mol. The molecule has 0 saturated carbocycles. The van der Waals surface area contributed by atoms with Crippen LogP contribution in [0.1, 0.15) is 73.6 Å². The van der Waals surface area contributed by atoms with E-state index in [4.69, 9.17) is 5.10 Å². The van der Waals surface area contributed by atoms with Crippen molar-refractivity contribution in [2.24, 2.45) is 5.92 Å². The van der Waals surface area contributed by atoms with Crippen molar-refractivity contribution in [2.75, 3.05) is 16.0 Å². The predicted molar refractivity (Wildman–Crippen MR) is 184 cm³/mol. The lowest BCUT2D eigenvalue weighted by Gasteiger charge is -2.39. The summed E-state index contributed by atoms with van der Waals surface area (Å²) in [4.78, 5) is 39.5. The molecule has 6 rings (SSSR count). The summed E-state index contributed by atoms with van der Waals surface area (Å²) in [6, 6.07) is 24.1. The molecule has 1 aromatic heterocycles. The molecule has 2 saturated heterocycles. The van der Waals surface area contributed by atoms with Crippen LogP contribution in [0.25, 0.3) is 5.69 Å². The van der Waals surface area contributed by atoms with E-state index in [1.807, 2.05) is 54.3 Å². The molecule has 0 aliphatic carbocycles. The van der Waals surface area contributed by atoms with Crippen molar-refractivity contribution in [3.63, 3.8) is 0 Å². The average molecular weight is 635 g/mol. The minimum Gasteiger partial charge on any atom is -0.478 e. The first-order chi connectivity index (χ1) is 22.4. The number of fused-ring (bicyclic) bond motifs is 2. The van der Waals surface area contributed by atoms with Gasteiger partial charge in [0.25, 0.3) is 0 Å². The smallest absolute Gasteiger partial charge is 0.335 e. The predicted octanol–water partition coefficient (Wildman–Crippen LogP) is 7.84. The molecule has 2 bridgehead atoms. The van der Waals surface area contributed by atoms with E-state index in [1.54, 1.807) is 16.8 Å². The molecule has 3 aromatic carbocycles. The topological polar surface area (TPSA) is 129 Å². The van der Waals surface area contributed by atoms with Gasteiger partial charge in [0.15, 0.2) is 0 Å². The van der Waals surface area contributed by atoms with Crippen LogP contribution in [0, 0.1) is 12.8 Å². The van der Waals surface area contributed by atoms with E-state index in [0.717, 1.165) is 49.0 Å². The summed E-state index contributed by atoms with van der Waals surface area (Å²) >= 11 is 0. The summed E-state index contributed by atoms with van der Waals surface area (Å²) in [5.74, 6) is 0.0234. The second-order valence-corrected chi connectivity index (χ2v) is 13.8. The molecule has 0 radical (unpaired) electrons. The number of urea groups is 2. The Morgan fingerprint density at radius 1 is 0.851 bits per heavy atom. The van der Waals surface area contributed by atoms with E-state index in [1.165, 1.54) is 17.7 Å². The molecule has 47 heavy (non-hydrogen) atoms. The molecule has 2 aliphatic heterocycles. The van der Waals surface area contributed by atoms with Gasteiger partial charge in [-0.2, -0.15) is 5.10 Å². The number of carbonyl (C=O) groups is 3. The summed E-state index contributed by atoms with van der Waals surface area (Å²) in [5.41, 5.74) is 5.24. The maximum atomic E-state index is 13.2. The number of hydrogen-bond acceptors (Lipinski definition) is 4. The standard InChI is InChI=1S/C37H42N6O4/c1-23-8-14-29(15-9-23)43-33(22-32(41-43)37(2,3)4)40-35(46)38-27-12-10-24(11-13-27)18-25-19-30-16-17-31(20-25)42(30)36(47)39-28-7-5-6-26(21-28)34(44)45/h5-15,21-22,25,30-31H,16-20H2,1-4H3,(H,39,47)(H,44,45)(H2,38,40,46). The largest absolute Gasteiger partial charge is 0.478 e. The fourth-order valence-corrected chi connectivity index (χ4v) is 6.76. The number of aromatic carboxylic acids is 1. The minimum atomic E-state index is -1.02. The molecule has 2 fully saturated rings. The van der Waals surface area contributed by atoms with E-state index in [0.29, 0.717) is 23.1 Å². The van der Waals surface area contributed by atoms with E-state index in [-0.39, 0.29) is 35.1 Å². The van der Waals surface area contributed by atoms with Crippen LogP contribution in [0.3, 0.4) is 0 Å². The number of carboxylic acid groups (broad SMARTS) is 1. The third-order valence-electron chi connectivity index (χ3n) is 9.16. The van der Waals surface area contributed by atoms with E-state index >= 15 is 0 Å². The normalized spacial score (nSPS) is 18.9. The number of hydrogen-bond donors (Lipinski definition) is 4.